The van der Waals surface area contributed by atoms with Crippen molar-refractivity contribution in [2.45, 2.75) is 32.3 Å². The highest BCUT2D eigenvalue weighted by molar-refractivity contribution is 5.67. The van der Waals surface area contributed by atoms with Gasteiger partial charge in [0.05, 0.1) is 6.10 Å². The lowest BCUT2D eigenvalue weighted by Gasteiger charge is -2.07. The minimum Gasteiger partial charge on any atom is -0.508 e. The molecule has 0 saturated carbocycles. The van der Waals surface area contributed by atoms with Gasteiger partial charge in [-0.05, 0) is 43.9 Å². The summed E-state index contributed by atoms with van der Waals surface area (Å²) in [5.41, 5.74) is 0.863. The van der Waals surface area contributed by atoms with Gasteiger partial charge in [-0.15, -0.1) is 0 Å². The second kappa shape index (κ2) is 7.88. The van der Waals surface area contributed by atoms with Crippen molar-refractivity contribution in [2.75, 3.05) is 0 Å². The van der Waals surface area contributed by atoms with Crippen molar-refractivity contribution < 1.29 is 19.0 Å². The van der Waals surface area contributed by atoms with Crippen molar-refractivity contribution >= 4 is 6.08 Å². The Balaban J connectivity index is 2.14. The maximum Gasteiger partial charge on any atom is 0.167 e. The van der Waals surface area contributed by atoms with Crippen LogP contribution in [0.4, 0.5) is 8.78 Å². The minimum atomic E-state index is -0.901. The standard InChI is InChI=1S/C19H20F2O2/c1-13(22)5-3-2-4-6-15-9-12-17(19(21)18(15)20)14-7-10-16(23)11-8-14/h4,6-13,22-23H,2-3,5H2,1H3/b6-4+. The van der Waals surface area contributed by atoms with E-state index in [1.54, 1.807) is 31.2 Å². The third kappa shape index (κ3) is 4.63. The molecule has 2 rings (SSSR count). The third-order valence-electron chi connectivity index (χ3n) is 3.58. The molecule has 2 nitrogen and oxygen atoms in total. The lowest BCUT2D eigenvalue weighted by molar-refractivity contribution is 0.182. The fraction of sp³-hybridized carbons (Fsp3) is 0.263. The van der Waals surface area contributed by atoms with Gasteiger partial charge in [0, 0.05) is 11.1 Å². The van der Waals surface area contributed by atoms with Gasteiger partial charge in [0.25, 0.3) is 0 Å². The molecule has 0 saturated heterocycles. The summed E-state index contributed by atoms with van der Waals surface area (Å²) >= 11 is 0. The van der Waals surface area contributed by atoms with E-state index in [2.05, 4.69) is 0 Å². The van der Waals surface area contributed by atoms with Gasteiger partial charge in [0.2, 0.25) is 0 Å². The average molecular weight is 318 g/mol. The molecule has 0 aliphatic carbocycles. The van der Waals surface area contributed by atoms with E-state index in [1.165, 1.54) is 24.3 Å². The molecular weight excluding hydrogens is 298 g/mol. The fourth-order valence-electron chi connectivity index (χ4n) is 2.30. The van der Waals surface area contributed by atoms with Crippen molar-refractivity contribution in [3.63, 3.8) is 0 Å². The van der Waals surface area contributed by atoms with Crippen LogP contribution in [-0.4, -0.2) is 16.3 Å². The van der Waals surface area contributed by atoms with Crippen LogP contribution in [0, 0.1) is 11.6 Å². The van der Waals surface area contributed by atoms with Gasteiger partial charge >= 0.3 is 0 Å². The quantitative estimate of drug-likeness (QED) is 0.744. The normalized spacial score (nSPS) is 12.7. The number of aromatic hydroxyl groups is 1. The van der Waals surface area contributed by atoms with Crippen LogP contribution < -0.4 is 0 Å². The summed E-state index contributed by atoms with van der Waals surface area (Å²) in [5.74, 6) is -1.71. The minimum absolute atomic E-state index is 0.0754. The summed E-state index contributed by atoms with van der Waals surface area (Å²) < 4.78 is 28.4. The van der Waals surface area contributed by atoms with Crippen molar-refractivity contribution in [1.82, 2.24) is 0 Å². The average Bonchev–Trinajstić information content (AvgIpc) is 2.52. The van der Waals surface area contributed by atoms with E-state index in [0.717, 1.165) is 6.42 Å². The van der Waals surface area contributed by atoms with Gasteiger partial charge < -0.3 is 10.2 Å². The molecule has 0 aliphatic heterocycles. The molecule has 0 heterocycles. The van der Waals surface area contributed by atoms with E-state index in [0.29, 0.717) is 18.4 Å². The number of phenols is 1. The van der Waals surface area contributed by atoms with Crippen LogP contribution >= 0.6 is 0 Å². The largest absolute Gasteiger partial charge is 0.508 e. The molecule has 0 aliphatic rings. The van der Waals surface area contributed by atoms with Gasteiger partial charge in [0.15, 0.2) is 11.6 Å². The van der Waals surface area contributed by atoms with Crippen molar-refractivity contribution in [2.24, 2.45) is 0 Å². The molecule has 0 amide bonds. The predicted molar refractivity (Wildman–Crippen MR) is 88.0 cm³/mol. The van der Waals surface area contributed by atoms with Gasteiger partial charge in [-0.25, -0.2) is 8.78 Å². The number of unbranched alkanes of at least 4 members (excludes halogenated alkanes) is 1. The van der Waals surface area contributed by atoms with Gasteiger partial charge in [-0.3, -0.25) is 0 Å². The first-order chi connectivity index (χ1) is 11.0. The summed E-state index contributed by atoms with van der Waals surface area (Å²) in [7, 11) is 0. The molecule has 2 aromatic carbocycles. The summed E-state index contributed by atoms with van der Waals surface area (Å²) in [4.78, 5) is 0. The summed E-state index contributed by atoms with van der Waals surface area (Å²) in [5, 5.41) is 18.4. The van der Waals surface area contributed by atoms with Crippen molar-refractivity contribution in [3.05, 3.63) is 59.7 Å². The molecule has 4 heteroatoms. The molecule has 0 fully saturated rings. The smallest absolute Gasteiger partial charge is 0.167 e. The van der Waals surface area contributed by atoms with E-state index in [1.807, 2.05) is 0 Å². The molecule has 0 bridgehead atoms. The Morgan fingerprint density at radius 2 is 1.74 bits per heavy atom. The van der Waals surface area contributed by atoms with Crippen molar-refractivity contribution in [3.8, 4) is 16.9 Å². The second-order valence-electron chi connectivity index (χ2n) is 5.56. The number of rotatable bonds is 6. The number of aliphatic hydroxyl groups excluding tert-OH is 1. The number of aliphatic hydroxyl groups is 1. The Morgan fingerprint density at radius 3 is 2.39 bits per heavy atom. The Bertz CT molecular complexity index is 677. The highest BCUT2D eigenvalue weighted by Gasteiger charge is 2.13. The first kappa shape index (κ1) is 17.2. The Hall–Kier alpha value is -2.20. The highest BCUT2D eigenvalue weighted by atomic mass is 19.2. The molecule has 23 heavy (non-hydrogen) atoms. The SMILES string of the molecule is CC(O)CCC/C=C/c1ccc(-c2ccc(O)cc2)c(F)c1F. The van der Waals surface area contributed by atoms with Crippen LogP contribution in [0.15, 0.2) is 42.5 Å². The maximum atomic E-state index is 14.2. The van der Waals surface area contributed by atoms with E-state index in [-0.39, 0.29) is 23.0 Å². The van der Waals surface area contributed by atoms with Crippen LogP contribution in [0.2, 0.25) is 0 Å². The van der Waals surface area contributed by atoms with Gasteiger partial charge in [0.1, 0.15) is 5.75 Å². The Morgan fingerprint density at radius 1 is 1.04 bits per heavy atom. The predicted octanol–water partition coefficient (Wildman–Crippen LogP) is 4.90. The monoisotopic (exact) mass is 318 g/mol. The lowest BCUT2D eigenvalue weighted by atomic mass is 10.0. The molecule has 2 N–H and O–H groups in total. The molecule has 122 valence electrons. The van der Waals surface area contributed by atoms with E-state index in [4.69, 9.17) is 5.11 Å². The summed E-state index contributed by atoms with van der Waals surface area (Å²) in [6.07, 6.45) is 5.17. The van der Waals surface area contributed by atoms with Crippen LogP contribution in [0.3, 0.4) is 0 Å². The number of phenolic OH excluding ortho intramolecular Hbond substituents is 1. The summed E-state index contributed by atoms with van der Waals surface area (Å²) in [6.45, 7) is 1.72. The van der Waals surface area contributed by atoms with Crippen molar-refractivity contribution in [1.29, 1.82) is 0 Å². The first-order valence-electron chi connectivity index (χ1n) is 7.61. The topological polar surface area (TPSA) is 40.5 Å². The van der Waals surface area contributed by atoms with E-state index in [9.17, 15) is 13.9 Å². The van der Waals surface area contributed by atoms with Crippen LogP contribution in [0.5, 0.6) is 5.75 Å². The van der Waals surface area contributed by atoms with Gasteiger partial charge in [-0.2, -0.15) is 0 Å². The van der Waals surface area contributed by atoms with Crippen LogP contribution in [-0.2, 0) is 0 Å². The molecule has 0 spiro atoms. The number of hydrogen-bond acceptors (Lipinski definition) is 2. The number of benzene rings is 2. The molecule has 0 radical (unpaired) electrons. The second-order valence-corrected chi connectivity index (χ2v) is 5.56. The fourth-order valence-corrected chi connectivity index (χ4v) is 2.30. The van der Waals surface area contributed by atoms with Crippen LogP contribution in [0.1, 0.15) is 31.7 Å². The Kier molecular flexibility index (Phi) is 5.88. The highest BCUT2D eigenvalue weighted by Crippen LogP contribution is 2.28. The molecule has 2 aromatic rings. The third-order valence-corrected chi connectivity index (χ3v) is 3.58. The molecule has 0 aromatic heterocycles. The molecule has 1 unspecified atom stereocenters. The molecule has 1 atom stereocenters. The van der Waals surface area contributed by atoms with Crippen LogP contribution in [0.25, 0.3) is 17.2 Å². The summed E-state index contributed by atoms with van der Waals surface area (Å²) in [6, 6.07) is 9.01. The zero-order chi connectivity index (χ0) is 16.8. The van der Waals surface area contributed by atoms with E-state index < -0.39 is 11.6 Å². The first-order valence-corrected chi connectivity index (χ1v) is 7.61. The van der Waals surface area contributed by atoms with E-state index >= 15 is 0 Å². The number of halogens is 2. The molecular formula is C19H20F2O2. The Labute approximate surface area is 134 Å². The maximum absolute atomic E-state index is 14.2. The zero-order valence-corrected chi connectivity index (χ0v) is 13.0. The number of hydrogen-bond donors (Lipinski definition) is 2. The van der Waals surface area contributed by atoms with Gasteiger partial charge in [-0.1, -0.05) is 36.4 Å². The lowest BCUT2D eigenvalue weighted by Crippen LogP contribution is -1.97. The zero-order valence-electron chi connectivity index (χ0n) is 13.0. The number of allylic oxidation sites excluding steroid dienone is 1.